The highest BCUT2D eigenvalue weighted by Crippen LogP contribution is 2.51. The molecule has 1 aliphatic rings. The molecule has 2 rings (SSSR count). The smallest absolute Gasteiger partial charge is 0.346 e. The van der Waals surface area contributed by atoms with Gasteiger partial charge in [0.15, 0.2) is 11.3 Å². The van der Waals surface area contributed by atoms with Gasteiger partial charge in [-0.3, -0.25) is 10.1 Å². The first kappa shape index (κ1) is 12.9. The first-order chi connectivity index (χ1) is 9.06. The zero-order valence-electron chi connectivity index (χ0n) is 10.5. The summed E-state index contributed by atoms with van der Waals surface area (Å²) in [5.41, 5.74) is -0.339. The van der Waals surface area contributed by atoms with Crippen LogP contribution in [0, 0.1) is 10.1 Å². The zero-order chi connectivity index (χ0) is 14.2. The maximum absolute atomic E-state index is 11.6. The van der Waals surface area contributed by atoms with Gasteiger partial charge < -0.3 is 18.9 Å². The average molecular weight is 269 g/mol. The largest absolute Gasteiger partial charge is 0.492 e. The second kappa shape index (κ2) is 4.63. The molecule has 1 aromatic rings. The van der Waals surface area contributed by atoms with Gasteiger partial charge in [-0.2, -0.15) is 0 Å². The molecule has 1 aromatic carbocycles. The fourth-order valence-electron chi connectivity index (χ4n) is 2.05. The topological polar surface area (TPSA) is 97.1 Å². The van der Waals surface area contributed by atoms with Gasteiger partial charge in [0, 0.05) is 0 Å². The maximum atomic E-state index is 11.6. The molecular formula is C11H11NO7. The lowest BCUT2D eigenvalue weighted by atomic mass is 10.0. The molecule has 1 aliphatic heterocycles. The van der Waals surface area contributed by atoms with E-state index in [1.807, 2.05) is 0 Å². The Balaban J connectivity index is 2.91. The van der Waals surface area contributed by atoms with Crippen LogP contribution in [0.2, 0.25) is 0 Å². The van der Waals surface area contributed by atoms with Gasteiger partial charge in [-0.25, -0.2) is 4.79 Å². The van der Waals surface area contributed by atoms with Gasteiger partial charge in [0.05, 0.1) is 31.8 Å². The number of benzene rings is 1. The van der Waals surface area contributed by atoms with Crippen LogP contribution in [-0.2, 0) is 11.3 Å². The average Bonchev–Trinajstić information content (AvgIpc) is 2.77. The van der Waals surface area contributed by atoms with Gasteiger partial charge in [-0.05, 0) is 0 Å². The number of fused-ring (bicyclic) bond motifs is 1. The summed E-state index contributed by atoms with van der Waals surface area (Å²) in [5.74, 6) is -0.678. The van der Waals surface area contributed by atoms with E-state index < -0.39 is 16.6 Å². The Morgan fingerprint density at radius 2 is 1.68 bits per heavy atom. The normalized spacial score (nSPS) is 12.7. The molecule has 0 spiro atoms. The van der Waals surface area contributed by atoms with Crippen molar-refractivity contribution >= 4 is 11.7 Å². The van der Waals surface area contributed by atoms with Crippen molar-refractivity contribution in [2.24, 2.45) is 0 Å². The molecule has 0 aromatic heterocycles. The molecular weight excluding hydrogens is 258 g/mol. The second-order valence-electron chi connectivity index (χ2n) is 3.64. The lowest BCUT2D eigenvalue weighted by molar-refractivity contribution is -0.386. The number of ether oxygens (including phenoxy) is 4. The molecule has 0 radical (unpaired) electrons. The maximum Gasteiger partial charge on any atom is 0.346 e. The number of rotatable bonds is 4. The molecule has 0 N–H and O–H groups in total. The van der Waals surface area contributed by atoms with Crippen LogP contribution in [0.25, 0.3) is 0 Å². The van der Waals surface area contributed by atoms with Gasteiger partial charge >= 0.3 is 11.7 Å². The molecule has 0 saturated heterocycles. The summed E-state index contributed by atoms with van der Waals surface area (Å²) in [7, 11) is 3.94. The van der Waals surface area contributed by atoms with Gasteiger partial charge in [0.1, 0.15) is 6.61 Å². The van der Waals surface area contributed by atoms with Crippen LogP contribution in [0.3, 0.4) is 0 Å². The van der Waals surface area contributed by atoms with Crippen molar-refractivity contribution in [3.63, 3.8) is 0 Å². The molecule has 0 atom stereocenters. The summed E-state index contributed by atoms with van der Waals surface area (Å²) in [6.07, 6.45) is 0. The Bertz CT molecular complexity index is 567. The van der Waals surface area contributed by atoms with Gasteiger partial charge in [0.25, 0.3) is 0 Å². The number of hydrogen-bond donors (Lipinski definition) is 0. The Labute approximate surface area is 108 Å². The van der Waals surface area contributed by atoms with Crippen LogP contribution in [0.5, 0.6) is 17.2 Å². The predicted molar refractivity (Wildman–Crippen MR) is 61.9 cm³/mol. The van der Waals surface area contributed by atoms with Crippen LogP contribution in [0.15, 0.2) is 0 Å². The first-order valence-corrected chi connectivity index (χ1v) is 5.23. The molecule has 102 valence electrons. The van der Waals surface area contributed by atoms with E-state index in [9.17, 15) is 14.9 Å². The number of carbonyl (C=O) groups is 1. The van der Waals surface area contributed by atoms with Crippen LogP contribution in [0.1, 0.15) is 15.9 Å². The summed E-state index contributed by atoms with van der Waals surface area (Å²) in [5, 5.41) is 11.2. The zero-order valence-corrected chi connectivity index (χ0v) is 10.5. The lowest BCUT2D eigenvalue weighted by Gasteiger charge is -2.14. The highest BCUT2D eigenvalue weighted by molar-refractivity contribution is 6.01. The van der Waals surface area contributed by atoms with E-state index in [-0.39, 0.29) is 35.0 Å². The van der Waals surface area contributed by atoms with E-state index >= 15 is 0 Å². The standard InChI is InChI=1S/C11H11NO7/c1-16-8-5-4-19-11(13)6(5)7(12(14)15)9(17-2)10(8)18-3/h4H2,1-3H3. The minimum atomic E-state index is -0.777. The third-order valence-electron chi connectivity index (χ3n) is 2.79. The van der Waals surface area contributed by atoms with Crippen LogP contribution in [0.4, 0.5) is 5.69 Å². The van der Waals surface area contributed by atoms with Crippen molar-refractivity contribution in [2.45, 2.75) is 6.61 Å². The summed E-state index contributed by atoms with van der Waals surface area (Å²) in [6, 6.07) is 0. The third kappa shape index (κ3) is 1.72. The third-order valence-corrected chi connectivity index (χ3v) is 2.79. The van der Waals surface area contributed by atoms with Crippen LogP contribution < -0.4 is 14.2 Å². The number of nitro groups is 1. The van der Waals surface area contributed by atoms with E-state index in [1.165, 1.54) is 21.3 Å². The molecule has 0 bridgehead atoms. The molecule has 0 unspecified atom stereocenters. The Kier molecular flexibility index (Phi) is 3.16. The van der Waals surface area contributed by atoms with Crippen molar-refractivity contribution in [1.82, 2.24) is 0 Å². The minimum Gasteiger partial charge on any atom is -0.492 e. The van der Waals surface area contributed by atoms with Crippen LogP contribution >= 0.6 is 0 Å². The number of methoxy groups -OCH3 is 3. The van der Waals surface area contributed by atoms with Crippen molar-refractivity contribution in [1.29, 1.82) is 0 Å². The Morgan fingerprint density at radius 3 is 2.16 bits per heavy atom. The number of esters is 1. The molecule has 0 fully saturated rings. The molecule has 8 heteroatoms. The molecule has 0 aliphatic carbocycles. The summed E-state index contributed by atoms with van der Waals surface area (Å²) in [4.78, 5) is 22.1. The van der Waals surface area contributed by atoms with Gasteiger partial charge in [0.2, 0.25) is 11.5 Å². The SMILES string of the molecule is COc1c2c(c([N+](=O)[O-])c(OC)c1OC)C(=O)OC2. The van der Waals surface area contributed by atoms with Crippen molar-refractivity contribution in [3.05, 3.63) is 21.2 Å². The highest BCUT2D eigenvalue weighted by atomic mass is 16.6. The molecule has 8 nitrogen and oxygen atoms in total. The molecule has 0 saturated carbocycles. The first-order valence-electron chi connectivity index (χ1n) is 5.23. The van der Waals surface area contributed by atoms with E-state index in [4.69, 9.17) is 18.9 Å². The van der Waals surface area contributed by atoms with E-state index in [2.05, 4.69) is 0 Å². The quantitative estimate of drug-likeness (QED) is 0.461. The van der Waals surface area contributed by atoms with Crippen molar-refractivity contribution in [2.75, 3.05) is 21.3 Å². The highest BCUT2D eigenvalue weighted by Gasteiger charge is 2.41. The number of hydrogen-bond acceptors (Lipinski definition) is 7. The fraction of sp³-hybridized carbons (Fsp3) is 0.364. The Morgan fingerprint density at radius 1 is 1.11 bits per heavy atom. The number of nitrogens with zero attached hydrogens (tertiary/aromatic N) is 1. The number of cyclic esters (lactones) is 1. The predicted octanol–water partition coefficient (Wildman–Crippen LogP) is 1.29. The van der Waals surface area contributed by atoms with E-state index in [0.717, 1.165) is 0 Å². The fourth-order valence-corrected chi connectivity index (χ4v) is 2.05. The van der Waals surface area contributed by atoms with Crippen LogP contribution in [-0.4, -0.2) is 32.2 Å². The van der Waals surface area contributed by atoms with Gasteiger partial charge in [-0.15, -0.1) is 0 Å². The monoisotopic (exact) mass is 269 g/mol. The number of nitro benzene ring substituents is 1. The number of carbonyl (C=O) groups excluding carboxylic acids is 1. The van der Waals surface area contributed by atoms with E-state index in [1.54, 1.807) is 0 Å². The Hall–Kier alpha value is -2.51. The second-order valence-corrected chi connectivity index (χ2v) is 3.64. The molecule has 19 heavy (non-hydrogen) atoms. The molecule has 0 amide bonds. The summed E-state index contributed by atoms with van der Waals surface area (Å²) >= 11 is 0. The van der Waals surface area contributed by atoms with E-state index in [0.29, 0.717) is 0 Å². The summed E-state index contributed by atoms with van der Waals surface area (Å²) in [6.45, 7) is -0.0987. The lowest BCUT2D eigenvalue weighted by Crippen LogP contribution is -2.06. The van der Waals surface area contributed by atoms with Crippen molar-refractivity contribution < 1.29 is 28.7 Å². The van der Waals surface area contributed by atoms with Crippen molar-refractivity contribution in [3.8, 4) is 17.2 Å². The summed E-state index contributed by atoms with van der Waals surface area (Å²) < 4.78 is 20.0. The minimum absolute atomic E-state index is 0.0637. The van der Waals surface area contributed by atoms with Gasteiger partial charge in [-0.1, -0.05) is 0 Å². The molecule has 1 heterocycles.